The Bertz CT molecular complexity index is 500. The van der Waals surface area contributed by atoms with E-state index in [2.05, 4.69) is 5.32 Å². The Morgan fingerprint density at radius 3 is 2.62 bits per heavy atom. The van der Waals surface area contributed by atoms with Crippen molar-refractivity contribution in [2.45, 2.75) is 31.5 Å². The molecule has 0 aliphatic carbocycles. The second-order valence-corrected chi connectivity index (χ2v) is 6.47. The van der Waals surface area contributed by atoms with E-state index in [4.69, 9.17) is 4.74 Å². The minimum atomic E-state index is -0.431. The summed E-state index contributed by atoms with van der Waals surface area (Å²) in [6, 6.07) is 9.80. The van der Waals surface area contributed by atoms with E-state index in [0.29, 0.717) is 13.0 Å². The van der Waals surface area contributed by atoms with Crippen LogP contribution in [0.5, 0.6) is 0 Å². The average Bonchev–Trinajstić information content (AvgIpc) is 2.63. The Balaban J connectivity index is 0.00000208. The molecule has 0 saturated carbocycles. The molecule has 6 heteroatoms. The van der Waals surface area contributed by atoms with Crippen LogP contribution in [0.2, 0.25) is 0 Å². The molecule has 134 valence electrons. The van der Waals surface area contributed by atoms with Crippen LogP contribution < -0.4 is 5.32 Å². The highest BCUT2D eigenvalue weighted by Gasteiger charge is 2.29. The smallest absolute Gasteiger partial charge is 0.225 e. The van der Waals surface area contributed by atoms with Gasteiger partial charge in [0.1, 0.15) is 0 Å². The summed E-state index contributed by atoms with van der Waals surface area (Å²) in [5, 5.41) is 13.8. The quantitative estimate of drug-likeness (QED) is 0.865. The van der Waals surface area contributed by atoms with Crippen LogP contribution in [0, 0.1) is 5.92 Å². The summed E-state index contributed by atoms with van der Waals surface area (Å²) >= 11 is 0. The van der Waals surface area contributed by atoms with Gasteiger partial charge < -0.3 is 20.1 Å². The number of amides is 1. The first-order valence-electron chi connectivity index (χ1n) is 8.57. The molecule has 0 bridgehead atoms. The molecule has 2 saturated heterocycles. The highest BCUT2D eigenvalue weighted by Crippen LogP contribution is 2.30. The number of nitrogens with zero attached hydrogens (tertiary/aromatic N) is 1. The van der Waals surface area contributed by atoms with Gasteiger partial charge >= 0.3 is 0 Å². The molecule has 2 unspecified atom stereocenters. The van der Waals surface area contributed by atoms with Crippen LogP contribution in [0.3, 0.4) is 0 Å². The number of hydrogen-bond donors (Lipinski definition) is 2. The van der Waals surface area contributed by atoms with Crippen LogP contribution >= 0.6 is 12.4 Å². The van der Waals surface area contributed by atoms with Gasteiger partial charge in [-0.15, -0.1) is 12.4 Å². The van der Waals surface area contributed by atoms with Crippen LogP contribution in [-0.2, 0) is 9.53 Å². The number of nitrogens with one attached hydrogen (secondary N) is 1. The molecule has 3 rings (SSSR count). The van der Waals surface area contributed by atoms with Crippen LogP contribution in [0.1, 0.15) is 30.9 Å². The number of hydrogen-bond acceptors (Lipinski definition) is 4. The number of carbonyl (C=O) groups excluding carboxylic acids is 1. The average molecular weight is 355 g/mol. The lowest BCUT2D eigenvalue weighted by Gasteiger charge is -2.35. The van der Waals surface area contributed by atoms with Crippen molar-refractivity contribution < 1.29 is 14.6 Å². The minimum Gasteiger partial charge on any atom is -0.388 e. The first kappa shape index (κ1) is 19.2. The second-order valence-electron chi connectivity index (χ2n) is 6.47. The molecule has 0 spiro atoms. The third-order valence-corrected chi connectivity index (χ3v) is 4.89. The Morgan fingerprint density at radius 1 is 1.29 bits per heavy atom. The molecule has 2 atom stereocenters. The number of aliphatic hydroxyl groups is 1. The molecule has 1 amide bonds. The van der Waals surface area contributed by atoms with Crippen molar-refractivity contribution in [3.63, 3.8) is 0 Å². The van der Waals surface area contributed by atoms with E-state index in [-0.39, 0.29) is 30.3 Å². The number of piperidine rings is 1. The number of morpholine rings is 1. The van der Waals surface area contributed by atoms with Gasteiger partial charge in [0.25, 0.3) is 0 Å². The molecule has 1 aromatic rings. The summed E-state index contributed by atoms with van der Waals surface area (Å²) in [5.41, 5.74) is 0.971. The molecule has 5 nitrogen and oxygen atoms in total. The molecular formula is C18H27ClN2O3. The molecule has 0 aromatic heterocycles. The fourth-order valence-corrected chi connectivity index (χ4v) is 3.46. The second kappa shape index (κ2) is 9.37. The van der Waals surface area contributed by atoms with Crippen molar-refractivity contribution in [1.82, 2.24) is 10.2 Å². The van der Waals surface area contributed by atoms with Gasteiger partial charge in [-0.3, -0.25) is 4.79 Å². The van der Waals surface area contributed by atoms with Crippen LogP contribution in [0.25, 0.3) is 0 Å². The molecule has 1 aromatic carbocycles. The molecular weight excluding hydrogens is 328 g/mol. The highest BCUT2D eigenvalue weighted by molar-refractivity contribution is 5.85. The Morgan fingerprint density at radius 2 is 2.00 bits per heavy atom. The van der Waals surface area contributed by atoms with E-state index < -0.39 is 6.10 Å². The summed E-state index contributed by atoms with van der Waals surface area (Å²) in [7, 11) is 0. The van der Waals surface area contributed by atoms with Gasteiger partial charge in [0.05, 0.1) is 25.2 Å². The van der Waals surface area contributed by atoms with Crippen LogP contribution in [-0.4, -0.2) is 54.8 Å². The van der Waals surface area contributed by atoms with Crippen molar-refractivity contribution in [3.05, 3.63) is 35.9 Å². The van der Waals surface area contributed by atoms with Crippen LogP contribution in [0.4, 0.5) is 0 Å². The zero-order valence-electron chi connectivity index (χ0n) is 13.9. The van der Waals surface area contributed by atoms with Gasteiger partial charge in [-0.1, -0.05) is 30.3 Å². The van der Waals surface area contributed by atoms with Gasteiger partial charge in [-0.25, -0.2) is 0 Å². The Hall–Kier alpha value is -1.14. The predicted octanol–water partition coefficient (Wildman–Crippen LogP) is 1.76. The molecule has 2 N–H and O–H groups in total. The number of carbonyl (C=O) groups is 1. The Kier molecular flexibility index (Phi) is 7.49. The van der Waals surface area contributed by atoms with Gasteiger partial charge in [0, 0.05) is 26.2 Å². The van der Waals surface area contributed by atoms with Crippen molar-refractivity contribution in [3.8, 4) is 0 Å². The van der Waals surface area contributed by atoms with E-state index in [1.807, 2.05) is 35.2 Å². The molecule has 24 heavy (non-hydrogen) atoms. The number of halogens is 1. The third-order valence-electron chi connectivity index (χ3n) is 4.89. The predicted molar refractivity (Wildman–Crippen MR) is 95.2 cm³/mol. The van der Waals surface area contributed by atoms with Crippen molar-refractivity contribution in [1.29, 1.82) is 0 Å². The van der Waals surface area contributed by atoms with Crippen LogP contribution in [0.15, 0.2) is 30.3 Å². The first-order valence-corrected chi connectivity index (χ1v) is 8.57. The largest absolute Gasteiger partial charge is 0.388 e. The van der Waals surface area contributed by atoms with Crippen molar-refractivity contribution in [2.75, 3.05) is 32.8 Å². The monoisotopic (exact) mass is 354 g/mol. The lowest BCUT2D eigenvalue weighted by molar-refractivity contribution is -0.136. The summed E-state index contributed by atoms with van der Waals surface area (Å²) in [4.78, 5) is 14.3. The zero-order valence-corrected chi connectivity index (χ0v) is 14.7. The highest BCUT2D eigenvalue weighted by atomic mass is 35.5. The Labute approximate surface area is 149 Å². The number of aliphatic hydroxyl groups excluding tert-OH is 1. The standard InChI is InChI=1S/C18H26N2O3.ClH/c21-17(12-16-13-19-8-11-23-16)20-9-6-15(7-10-20)18(22)14-4-2-1-3-5-14;/h1-5,15-16,18-19,22H,6-13H2;1H. The van der Waals surface area contributed by atoms with E-state index >= 15 is 0 Å². The van der Waals surface area contributed by atoms with E-state index in [1.165, 1.54) is 0 Å². The maximum atomic E-state index is 12.4. The number of rotatable bonds is 4. The zero-order chi connectivity index (χ0) is 16.1. The molecule has 2 fully saturated rings. The van der Waals surface area contributed by atoms with Gasteiger partial charge in [0.2, 0.25) is 5.91 Å². The fraction of sp³-hybridized carbons (Fsp3) is 0.611. The fourth-order valence-electron chi connectivity index (χ4n) is 3.46. The van der Waals surface area contributed by atoms with E-state index in [0.717, 1.165) is 44.6 Å². The molecule has 2 aliphatic heterocycles. The SMILES string of the molecule is Cl.O=C(CC1CNCCO1)N1CCC(C(O)c2ccccc2)CC1. The van der Waals surface area contributed by atoms with Crippen molar-refractivity contribution >= 4 is 18.3 Å². The first-order chi connectivity index (χ1) is 11.2. The number of ether oxygens (including phenoxy) is 1. The summed E-state index contributed by atoms with van der Waals surface area (Å²) in [6.45, 7) is 3.77. The lowest BCUT2D eigenvalue weighted by atomic mass is 9.87. The van der Waals surface area contributed by atoms with E-state index in [1.54, 1.807) is 0 Å². The van der Waals surface area contributed by atoms with Gasteiger partial charge in [0.15, 0.2) is 0 Å². The maximum absolute atomic E-state index is 12.4. The topological polar surface area (TPSA) is 61.8 Å². The maximum Gasteiger partial charge on any atom is 0.225 e. The third kappa shape index (κ3) is 4.93. The van der Waals surface area contributed by atoms with Gasteiger partial charge in [-0.05, 0) is 24.3 Å². The van der Waals surface area contributed by atoms with Crippen molar-refractivity contribution in [2.24, 2.45) is 5.92 Å². The minimum absolute atomic E-state index is 0. The molecule has 2 heterocycles. The summed E-state index contributed by atoms with van der Waals surface area (Å²) in [6.07, 6.45) is 1.74. The molecule has 2 aliphatic rings. The number of benzene rings is 1. The summed E-state index contributed by atoms with van der Waals surface area (Å²) in [5.74, 6) is 0.403. The molecule has 0 radical (unpaired) electrons. The number of likely N-dealkylation sites (tertiary alicyclic amines) is 1. The van der Waals surface area contributed by atoms with E-state index in [9.17, 15) is 9.90 Å². The lowest BCUT2D eigenvalue weighted by Crippen LogP contribution is -2.45. The van der Waals surface area contributed by atoms with Gasteiger partial charge in [-0.2, -0.15) is 0 Å². The summed E-state index contributed by atoms with van der Waals surface area (Å²) < 4.78 is 5.61. The normalized spacial score (nSPS) is 23.4.